The monoisotopic (exact) mass is 287 g/mol. The highest BCUT2D eigenvalue weighted by Crippen LogP contribution is 2.49. The first-order chi connectivity index (χ1) is 8.93. The molecule has 0 radical (unpaired) electrons. The Balaban J connectivity index is 1.74. The van der Waals surface area contributed by atoms with E-state index in [4.69, 9.17) is 4.74 Å². The van der Waals surface area contributed by atoms with Gasteiger partial charge in [0.1, 0.15) is 5.25 Å². The summed E-state index contributed by atoms with van der Waals surface area (Å²) in [7, 11) is -3.16. The van der Waals surface area contributed by atoms with E-state index in [0.717, 1.165) is 25.4 Å². The third kappa shape index (κ3) is 2.34. The molecule has 2 saturated heterocycles. The molecule has 4 atom stereocenters. The lowest BCUT2D eigenvalue weighted by atomic mass is 9.85. The van der Waals surface area contributed by atoms with Gasteiger partial charge in [-0.1, -0.05) is 13.3 Å². The first kappa shape index (κ1) is 13.8. The minimum atomic E-state index is -3.16. The summed E-state index contributed by atoms with van der Waals surface area (Å²) >= 11 is 0. The van der Waals surface area contributed by atoms with Crippen molar-refractivity contribution >= 4 is 10.0 Å². The third-order valence-electron chi connectivity index (χ3n) is 5.40. The molecule has 0 amide bonds. The van der Waals surface area contributed by atoms with Gasteiger partial charge in [0.05, 0.1) is 6.10 Å². The van der Waals surface area contributed by atoms with E-state index in [1.807, 2.05) is 6.92 Å². The first-order valence-electron chi connectivity index (χ1n) is 7.54. The Morgan fingerprint density at radius 1 is 1.21 bits per heavy atom. The van der Waals surface area contributed by atoms with Crippen LogP contribution < -0.4 is 0 Å². The Morgan fingerprint density at radius 2 is 2.00 bits per heavy atom. The zero-order valence-electron chi connectivity index (χ0n) is 12.0. The number of sulfonamides is 1. The minimum Gasteiger partial charge on any atom is -0.377 e. The van der Waals surface area contributed by atoms with Crippen LogP contribution in [0.3, 0.4) is 0 Å². The van der Waals surface area contributed by atoms with Gasteiger partial charge in [-0.2, -0.15) is 0 Å². The molecule has 19 heavy (non-hydrogen) atoms. The highest BCUT2D eigenvalue weighted by Gasteiger charge is 2.49. The van der Waals surface area contributed by atoms with E-state index in [1.165, 1.54) is 19.3 Å². The summed E-state index contributed by atoms with van der Waals surface area (Å²) in [4.78, 5) is 0. The molecule has 4 nitrogen and oxygen atoms in total. The number of nitrogens with zero attached hydrogens (tertiary/aromatic N) is 1. The smallest absolute Gasteiger partial charge is 0.219 e. The quantitative estimate of drug-likeness (QED) is 0.780. The van der Waals surface area contributed by atoms with E-state index in [1.54, 1.807) is 4.31 Å². The maximum atomic E-state index is 12.7. The fourth-order valence-electron chi connectivity index (χ4n) is 4.27. The van der Waals surface area contributed by atoms with Gasteiger partial charge < -0.3 is 4.74 Å². The molecule has 5 heteroatoms. The van der Waals surface area contributed by atoms with Gasteiger partial charge >= 0.3 is 0 Å². The molecular formula is C14H25NO3S. The molecule has 2 aliphatic heterocycles. The Kier molecular flexibility index (Phi) is 3.43. The summed E-state index contributed by atoms with van der Waals surface area (Å²) in [5.41, 5.74) is 0.287. The van der Waals surface area contributed by atoms with Crippen molar-refractivity contribution in [1.82, 2.24) is 4.31 Å². The zero-order valence-corrected chi connectivity index (χ0v) is 12.8. The van der Waals surface area contributed by atoms with Crippen LogP contribution in [0.4, 0.5) is 0 Å². The van der Waals surface area contributed by atoms with E-state index in [-0.39, 0.29) is 16.8 Å². The summed E-state index contributed by atoms with van der Waals surface area (Å²) in [6.45, 7) is 6.24. The van der Waals surface area contributed by atoms with Crippen LogP contribution in [0.5, 0.6) is 0 Å². The molecule has 1 aliphatic carbocycles. The molecule has 110 valence electrons. The second kappa shape index (κ2) is 4.71. The lowest BCUT2D eigenvalue weighted by Gasteiger charge is -2.26. The van der Waals surface area contributed by atoms with Crippen molar-refractivity contribution in [3.8, 4) is 0 Å². The fraction of sp³-hybridized carbons (Fsp3) is 1.00. The lowest BCUT2D eigenvalue weighted by molar-refractivity contribution is 0.125. The van der Waals surface area contributed by atoms with E-state index in [0.29, 0.717) is 13.0 Å². The first-order valence-corrected chi connectivity index (χ1v) is 9.04. The Bertz CT molecular complexity index is 450. The van der Waals surface area contributed by atoms with Crippen molar-refractivity contribution in [3.63, 3.8) is 0 Å². The van der Waals surface area contributed by atoms with Gasteiger partial charge in [-0.25, -0.2) is 12.7 Å². The van der Waals surface area contributed by atoms with Crippen molar-refractivity contribution in [2.45, 2.75) is 57.3 Å². The Morgan fingerprint density at radius 3 is 2.58 bits per heavy atom. The van der Waals surface area contributed by atoms with Crippen LogP contribution in [-0.2, 0) is 14.8 Å². The van der Waals surface area contributed by atoms with Gasteiger partial charge in [0.15, 0.2) is 0 Å². The largest absolute Gasteiger partial charge is 0.377 e. The summed E-state index contributed by atoms with van der Waals surface area (Å²) in [5, 5.41) is -0.318. The number of hydrogen-bond donors (Lipinski definition) is 0. The standard InChI is InChI=1S/C14H25NO3S/c1-11-3-5-14(9-11)6-7-15(10-14)19(16,17)13-4-8-18-12(13)2/h11-13H,3-10H2,1-2H3/t11-,12+,13-,14+/m1/s1. The van der Waals surface area contributed by atoms with Gasteiger partial charge in [-0.15, -0.1) is 0 Å². The molecule has 0 N–H and O–H groups in total. The van der Waals surface area contributed by atoms with Gasteiger partial charge in [0.25, 0.3) is 0 Å². The topological polar surface area (TPSA) is 46.6 Å². The maximum absolute atomic E-state index is 12.7. The predicted molar refractivity (Wildman–Crippen MR) is 74.4 cm³/mol. The van der Waals surface area contributed by atoms with Crippen molar-refractivity contribution in [3.05, 3.63) is 0 Å². The molecule has 0 aromatic rings. The van der Waals surface area contributed by atoms with Crippen LogP contribution in [0.15, 0.2) is 0 Å². The highest BCUT2D eigenvalue weighted by molar-refractivity contribution is 7.89. The molecule has 1 spiro atoms. The van der Waals surface area contributed by atoms with Crippen LogP contribution in [0.1, 0.15) is 46.0 Å². The minimum absolute atomic E-state index is 0.149. The number of rotatable bonds is 2. The van der Waals surface area contributed by atoms with Gasteiger partial charge in [0, 0.05) is 19.7 Å². The van der Waals surface area contributed by atoms with Gasteiger partial charge in [-0.05, 0) is 43.9 Å². The van der Waals surface area contributed by atoms with E-state index in [9.17, 15) is 8.42 Å². The van der Waals surface area contributed by atoms with Crippen LogP contribution in [0, 0.1) is 11.3 Å². The van der Waals surface area contributed by atoms with Crippen LogP contribution in [0.25, 0.3) is 0 Å². The lowest BCUT2D eigenvalue weighted by Crippen LogP contribution is -2.41. The Labute approximate surface area is 116 Å². The predicted octanol–water partition coefficient (Wildman–Crippen LogP) is 2.01. The summed E-state index contributed by atoms with van der Waals surface area (Å²) in [6, 6.07) is 0. The van der Waals surface area contributed by atoms with Crippen molar-refractivity contribution in [2.24, 2.45) is 11.3 Å². The zero-order chi connectivity index (χ0) is 13.7. The van der Waals surface area contributed by atoms with Crippen LogP contribution in [0.2, 0.25) is 0 Å². The van der Waals surface area contributed by atoms with Crippen molar-refractivity contribution in [1.29, 1.82) is 0 Å². The number of hydrogen-bond acceptors (Lipinski definition) is 3. The molecule has 1 saturated carbocycles. The molecule has 0 aromatic heterocycles. The third-order valence-corrected chi connectivity index (χ3v) is 7.82. The van der Waals surface area contributed by atoms with E-state index < -0.39 is 10.0 Å². The summed E-state index contributed by atoms with van der Waals surface area (Å²) < 4.78 is 32.6. The molecule has 0 bridgehead atoms. The van der Waals surface area contributed by atoms with Crippen molar-refractivity contribution in [2.75, 3.05) is 19.7 Å². The van der Waals surface area contributed by atoms with Gasteiger partial charge in [-0.3, -0.25) is 0 Å². The Hall–Kier alpha value is -0.130. The maximum Gasteiger partial charge on any atom is 0.219 e. The molecule has 0 aromatic carbocycles. The average Bonchev–Trinajstić information content (AvgIpc) is 3.02. The summed E-state index contributed by atoms with van der Waals surface area (Å²) in [6.07, 6.45) is 5.23. The molecule has 0 unspecified atom stereocenters. The average molecular weight is 287 g/mol. The fourth-order valence-corrected chi connectivity index (χ4v) is 6.41. The van der Waals surface area contributed by atoms with Gasteiger partial charge in [0.2, 0.25) is 10.0 Å². The number of ether oxygens (including phenoxy) is 1. The molecule has 3 fully saturated rings. The molecule has 3 rings (SSSR count). The second-order valence-electron chi connectivity index (χ2n) is 6.88. The van der Waals surface area contributed by atoms with Crippen LogP contribution >= 0.6 is 0 Å². The highest BCUT2D eigenvalue weighted by atomic mass is 32.2. The second-order valence-corrected chi connectivity index (χ2v) is 9.03. The molecular weight excluding hydrogens is 262 g/mol. The molecule has 3 aliphatic rings. The summed E-state index contributed by atoms with van der Waals surface area (Å²) in [5.74, 6) is 0.761. The van der Waals surface area contributed by atoms with E-state index in [2.05, 4.69) is 6.92 Å². The SMILES string of the molecule is C[C@@H]1CC[C@]2(CCN(S(=O)(=O)[C@@H]3CCO[C@H]3C)C2)C1. The molecule has 2 heterocycles. The van der Waals surface area contributed by atoms with Crippen LogP contribution in [-0.4, -0.2) is 43.8 Å². The normalized spacial score (nSPS) is 44.4. The van der Waals surface area contributed by atoms with E-state index >= 15 is 0 Å². The van der Waals surface area contributed by atoms with Crippen molar-refractivity contribution < 1.29 is 13.2 Å².